The number of nitrogens with zero attached hydrogens (tertiary/aromatic N) is 2. The number of benzene rings is 1. The lowest BCUT2D eigenvalue weighted by atomic mass is 10.0. The summed E-state index contributed by atoms with van der Waals surface area (Å²) < 4.78 is 7.90. The average Bonchev–Trinajstić information content (AvgIpc) is 2.77. The van der Waals surface area contributed by atoms with Gasteiger partial charge in [-0.05, 0) is 39.7 Å². The van der Waals surface area contributed by atoms with Crippen LogP contribution in [0, 0.1) is 0 Å². The Morgan fingerprint density at radius 1 is 1.44 bits per heavy atom. The lowest BCUT2D eigenvalue weighted by molar-refractivity contribution is 0.411. The van der Waals surface area contributed by atoms with Crippen LogP contribution in [0.4, 0.5) is 0 Å². The number of methoxy groups -OCH3 is 1. The molecular weight excluding hydrogens is 296 g/mol. The van der Waals surface area contributed by atoms with E-state index < -0.39 is 0 Å². The van der Waals surface area contributed by atoms with Gasteiger partial charge in [0.1, 0.15) is 5.75 Å². The topological polar surface area (TPSA) is 65.1 Å². The number of aromatic nitrogens is 2. The van der Waals surface area contributed by atoms with Crippen molar-refractivity contribution in [3.63, 3.8) is 0 Å². The van der Waals surface area contributed by atoms with Crippen LogP contribution in [-0.2, 0) is 7.05 Å². The summed E-state index contributed by atoms with van der Waals surface area (Å²) in [4.78, 5) is 0. The molecule has 2 aromatic rings. The first-order chi connectivity index (χ1) is 8.67. The van der Waals surface area contributed by atoms with Gasteiger partial charge in [-0.25, -0.2) is 5.43 Å². The zero-order valence-corrected chi connectivity index (χ0v) is 11.8. The molecule has 0 saturated carbocycles. The standard InChI is InChI=1S/C12H15BrN4O/c1-17-10(5-6-15-17)12(16-14)8-3-4-11(18-2)9(13)7-8/h3-7,12,16H,14H2,1-2H3. The number of halogens is 1. The molecule has 0 aliphatic carbocycles. The minimum Gasteiger partial charge on any atom is -0.496 e. The Bertz CT molecular complexity index is 541. The second-order valence-corrected chi connectivity index (χ2v) is 4.73. The third-order valence-corrected chi connectivity index (χ3v) is 3.45. The minimum absolute atomic E-state index is 0.111. The van der Waals surface area contributed by atoms with E-state index in [1.54, 1.807) is 18.0 Å². The number of rotatable bonds is 4. The SMILES string of the molecule is COc1ccc(C(NN)c2ccnn2C)cc1Br. The molecule has 96 valence electrons. The van der Waals surface area contributed by atoms with Crippen LogP contribution in [0.1, 0.15) is 17.3 Å². The van der Waals surface area contributed by atoms with Gasteiger partial charge in [-0.2, -0.15) is 5.10 Å². The highest BCUT2D eigenvalue weighted by Gasteiger charge is 2.16. The van der Waals surface area contributed by atoms with Crippen LogP contribution >= 0.6 is 15.9 Å². The van der Waals surface area contributed by atoms with Gasteiger partial charge in [0, 0.05) is 13.2 Å². The number of nitrogens with one attached hydrogen (secondary N) is 1. The van der Waals surface area contributed by atoms with Crippen molar-refractivity contribution < 1.29 is 4.74 Å². The van der Waals surface area contributed by atoms with Crippen LogP contribution in [0.25, 0.3) is 0 Å². The van der Waals surface area contributed by atoms with Crippen molar-refractivity contribution in [2.24, 2.45) is 12.9 Å². The summed E-state index contributed by atoms with van der Waals surface area (Å²) in [7, 11) is 3.53. The maximum atomic E-state index is 5.65. The lowest BCUT2D eigenvalue weighted by Gasteiger charge is -2.17. The molecule has 0 bridgehead atoms. The molecule has 1 aromatic carbocycles. The normalized spacial score (nSPS) is 12.4. The molecule has 6 heteroatoms. The molecule has 0 saturated heterocycles. The number of hydrazine groups is 1. The zero-order chi connectivity index (χ0) is 13.1. The number of ether oxygens (including phenoxy) is 1. The van der Waals surface area contributed by atoms with E-state index in [2.05, 4.69) is 26.5 Å². The fraction of sp³-hybridized carbons (Fsp3) is 0.250. The van der Waals surface area contributed by atoms with Gasteiger partial charge in [0.05, 0.1) is 23.3 Å². The highest BCUT2D eigenvalue weighted by Crippen LogP contribution is 2.30. The summed E-state index contributed by atoms with van der Waals surface area (Å²) in [5.74, 6) is 6.44. The van der Waals surface area contributed by atoms with Crippen LogP contribution in [0.3, 0.4) is 0 Å². The Morgan fingerprint density at radius 3 is 2.72 bits per heavy atom. The Hall–Kier alpha value is -1.37. The molecule has 0 spiro atoms. The molecule has 1 atom stereocenters. The van der Waals surface area contributed by atoms with Crippen molar-refractivity contribution in [2.45, 2.75) is 6.04 Å². The molecule has 1 unspecified atom stereocenters. The van der Waals surface area contributed by atoms with Crippen molar-refractivity contribution in [3.05, 3.63) is 46.2 Å². The van der Waals surface area contributed by atoms with Gasteiger partial charge < -0.3 is 4.74 Å². The highest BCUT2D eigenvalue weighted by atomic mass is 79.9. The maximum Gasteiger partial charge on any atom is 0.133 e. The third kappa shape index (κ3) is 2.40. The van der Waals surface area contributed by atoms with E-state index in [0.717, 1.165) is 21.5 Å². The first-order valence-electron chi connectivity index (χ1n) is 5.45. The fourth-order valence-electron chi connectivity index (χ4n) is 1.88. The molecule has 0 radical (unpaired) electrons. The molecule has 2 rings (SSSR count). The van der Waals surface area contributed by atoms with Crippen molar-refractivity contribution in [2.75, 3.05) is 7.11 Å². The molecular formula is C12H15BrN4O. The highest BCUT2D eigenvalue weighted by molar-refractivity contribution is 9.10. The first kappa shape index (κ1) is 13.1. The van der Waals surface area contributed by atoms with E-state index in [1.807, 2.05) is 31.3 Å². The van der Waals surface area contributed by atoms with Gasteiger partial charge in [-0.1, -0.05) is 6.07 Å². The van der Waals surface area contributed by atoms with Gasteiger partial charge >= 0.3 is 0 Å². The van der Waals surface area contributed by atoms with E-state index >= 15 is 0 Å². The van der Waals surface area contributed by atoms with Crippen molar-refractivity contribution >= 4 is 15.9 Å². The van der Waals surface area contributed by atoms with Crippen molar-refractivity contribution in [1.82, 2.24) is 15.2 Å². The van der Waals surface area contributed by atoms with Gasteiger partial charge in [0.15, 0.2) is 0 Å². The zero-order valence-electron chi connectivity index (χ0n) is 10.2. The lowest BCUT2D eigenvalue weighted by Crippen LogP contribution is -2.30. The van der Waals surface area contributed by atoms with E-state index in [0.29, 0.717) is 0 Å². The summed E-state index contributed by atoms with van der Waals surface area (Å²) in [5, 5.41) is 4.15. The summed E-state index contributed by atoms with van der Waals surface area (Å²) >= 11 is 3.47. The Kier molecular flexibility index (Phi) is 4.00. The molecule has 0 aliphatic heterocycles. The minimum atomic E-state index is -0.111. The number of hydrogen-bond donors (Lipinski definition) is 2. The number of nitrogens with two attached hydrogens (primary N) is 1. The molecule has 0 fully saturated rings. The van der Waals surface area contributed by atoms with Gasteiger partial charge in [0.2, 0.25) is 0 Å². The third-order valence-electron chi connectivity index (χ3n) is 2.83. The molecule has 5 nitrogen and oxygen atoms in total. The van der Waals surface area contributed by atoms with Crippen LogP contribution in [-0.4, -0.2) is 16.9 Å². The van der Waals surface area contributed by atoms with Crippen molar-refractivity contribution in [3.8, 4) is 5.75 Å². The summed E-state index contributed by atoms with van der Waals surface area (Å²) in [6, 6.07) is 7.68. The molecule has 1 heterocycles. The molecule has 0 aliphatic rings. The predicted molar refractivity (Wildman–Crippen MR) is 73.1 cm³/mol. The molecule has 18 heavy (non-hydrogen) atoms. The molecule has 3 N–H and O–H groups in total. The first-order valence-corrected chi connectivity index (χ1v) is 6.24. The van der Waals surface area contributed by atoms with Crippen molar-refractivity contribution in [1.29, 1.82) is 0 Å². The van der Waals surface area contributed by atoms with Crippen LogP contribution < -0.4 is 16.0 Å². The van der Waals surface area contributed by atoms with Crippen LogP contribution in [0.5, 0.6) is 5.75 Å². The Morgan fingerprint density at radius 2 is 2.22 bits per heavy atom. The van der Waals surface area contributed by atoms with E-state index in [9.17, 15) is 0 Å². The Balaban J connectivity index is 2.40. The largest absolute Gasteiger partial charge is 0.496 e. The summed E-state index contributed by atoms with van der Waals surface area (Å²) in [6.45, 7) is 0. The predicted octanol–water partition coefficient (Wildman–Crippen LogP) is 1.74. The van der Waals surface area contributed by atoms with E-state index in [1.165, 1.54) is 0 Å². The average molecular weight is 311 g/mol. The van der Waals surface area contributed by atoms with Gasteiger partial charge in [-0.3, -0.25) is 10.5 Å². The van der Waals surface area contributed by atoms with Crippen LogP contribution in [0.2, 0.25) is 0 Å². The van der Waals surface area contributed by atoms with E-state index in [-0.39, 0.29) is 6.04 Å². The monoisotopic (exact) mass is 310 g/mol. The Labute approximate surface area is 114 Å². The smallest absolute Gasteiger partial charge is 0.133 e. The quantitative estimate of drug-likeness (QED) is 0.667. The maximum absolute atomic E-state index is 5.65. The summed E-state index contributed by atoms with van der Waals surface area (Å²) in [5.41, 5.74) is 4.83. The van der Waals surface area contributed by atoms with Crippen LogP contribution in [0.15, 0.2) is 34.9 Å². The molecule has 0 amide bonds. The van der Waals surface area contributed by atoms with Gasteiger partial charge in [0.25, 0.3) is 0 Å². The fourth-order valence-corrected chi connectivity index (χ4v) is 2.44. The van der Waals surface area contributed by atoms with Gasteiger partial charge in [-0.15, -0.1) is 0 Å². The second-order valence-electron chi connectivity index (χ2n) is 3.87. The second kappa shape index (κ2) is 5.51. The number of hydrogen-bond acceptors (Lipinski definition) is 4. The van der Waals surface area contributed by atoms with E-state index in [4.69, 9.17) is 10.6 Å². The summed E-state index contributed by atoms with van der Waals surface area (Å²) in [6.07, 6.45) is 1.75. The molecule has 1 aromatic heterocycles. The number of aryl methyl sites for hydroxylation is 1.